The van der Waals surface area contributed by atoms with E-state index in [0.717, 1.165) is 15.2 Å². The molecule has 0 aliphatic heterocycles. The van der Waals surface area contributed by atoms with Gasteiger partial charge in [0.05, 0.1) is 16.4 Å². The molecule has 0 radical (unpaired) electrons. The number of furan rings is 1. The fraction of sp³-hybridized carbons (Fsp3) is 0.0625. The molecule has 0 amide bonds. The molecule has 4 aromatic rings. The van der Waals surface area contributed by atoms with Crippen LogP contribution < -0.4 is 11.0 Å². The summed E-state index contributed by atoms with van der Waals surface area (Å²) in [5.41, 5.74) is 3.52. The quantitative estimate of drug-likeness (QED) is 0.432. The predicted molar refractivity (Wildman–Crippen MR) is 95.9 cm³/mol. The highest BCUT2D eigenvalue weighted by Crippen LogP contribution is 2.30. The first kappa shape index (κ1) is 15.2. The fourth-order valence-corrected chi connectivity index (χ4v) is 3.04. The number of anilines is 1. The Kier molecular flexibility index (Phi) is 3.82. The number of aromatic nitrogens is 4. The van der Waals surface area contributed by atoms with Crippen LogP contribution in [0.4, 0.5) is 5.95 Å². The molecule has 124 valence electrons. The molecular formula is C16H12N6O2S. The lowest BCUT2D eigenvalue weighted by molar-refractivity contribution is 0.574. The van der Waals surface area contributed by atoms with Gasteiger partial charge < -0.3 is 4.42 Å². The lowest BCUT2D eigenvalue weighted by Crippen LogP contribution is -2.15. The van der Waals surface area contributed by atoms with Crippen LogP contribution in [0.2, 0.25) is 0 Å². The second kappa shape index (κ2) is 6.29. The van der Waals surface area contributed by atoms with Gasteiger partial charge in [0.15, 0.2) is 10.8 Å². The zero-order valence-corrected chi connectivity index (χ0v) is 13.9. The van der Waals surface area contributed by atoms with Crippen molar-refractivity contribution in [1.29, 1.82) is 0 Å². The third-order valence-corrected chi connectivity index (χ3v) is 4.41. The van der Waals surface area contributed by atoms with E-state index in [9.17, 15) is 4.79 Å². The largest absolute Gasteiger partial charge is 0.453 e. The van der Waals surface area contributed by atoms with Gasteiger partial charge in [-0.25, -0.2) is 10.4 Å². The van der Waals surface area contributed by atoms with Crippen LogP contribution in [-0.4, -0.2) is 26.4 Å². The molecule has 3 aromatic heterocycles. The molecule has 0 fully saturated rings. The van der Waals surface area contributed by atoms with E-state index in [1.807, 2.05) is 30.3 Å². The summed E-state index contributed by atoms with van der Waals surface area (Å²) in [4.78, 5) is 18.5. The van der Waals surface area contributed by atoms with Gasteiger partial charge in [-0.3, -0.25) is 9.78 Å². The highest BCUT2D eigenvalue weighted by atomic mass is 32.1. The average Bonchev–Trinajstić information content (AvgIpc) is 3.24. The molecule has 0 aliphatic rings. The summed E-state index contributed by atoms with van der Waals surface area (Å²) in [5.74, 6) is 1.38. The second-order valence-corrected chi connectivity index (χ2v) is 6.18. The molecular weight excluding hydrogens is 340 g/mol. The topological polar surface area (TPSA) is 109 Å². The molecule has 9 heteroatoms. The van der Waals surface area contributed by atoms with Gasteiger partial charge in [0.25, 0.3) is 5.56 Å². The van der Waals surface area contributed by atoms with Crippen LogP contribution in [0.1, 0.15) is 11.5 Å². The van der Waals surface area contributed by atoms with Crippen molar-refractivity contribution >= 4 is 33.7 Å². The van der Waals surface area contributed by atoms with Crippen molar-refractivity contribution in [2.24, 2.45) is 5.10 Å². The van der Waals surface area contributed by atoms with Crippen LogP contribution in [0, 0.1) is 6.92 Å². The van der Waals surface area contributed by atoms with E-state index in [1.165, 1.54) is 6.21 Å². The van der Waals surface area contributed by atoms with Gasteiger partial charge in [0.1, 0.15) is 11.5 Å². The van der Waals surface area contributed by atoms with Crippen LogP contribution in [0.3, 0.4) is 0 Å². The fourth-order valence-electron chi connectivity index (χ4n) is 2.12. The van der Waals surface area contributed by atoms with E-state index < -0.39 is 0 Å². The average molecular weight is 352 g/mol. The first-order chi connectivity index (χ1) is 12.2. The van der Waals surface area contributed by atoms with E-state index in [2.05, 4.69) is 30.7 Å². The number of hydrogen-bond acceptors (Lipinski definition) is 8. The highest BCUT2D eigenvalue weighted by molar-refractivity contribution is 7.21. The number of hydrogen-bond donors (Lipinski definition) is 2. The molecule has 0 atom stereocenters. The Balaban J connectivity index is 1.50. The number of H-pyrrole nitrogens is 1. The van der Waals surface area contributed by atoms with Crippen molar-refractivity contribution in [3.63, 3.8) is 0 Å². The maximum atomic E-state index is 11.4. The number of rotatable bonds is 4. The van der Waals surface area contributed by atoms with Crippen LogP contribution in [0.25, 0.3) is 21.0 Å². The lowest BCUT2D eigenvalue weighted by Gasteiger charge is -1.96. The predicted octanol–water partition coefficient (Wildman–Crippen LogP) is 2.79. The Bertz CT molecular complexity index is 1090. The van der Waals surface area contributed by atoms with E-state index in [-0.39, 0.29) is 11.5 Å². The number of para-hydroxylation sites is 1. The summed E-state index contributed by atoms with van der Waals surface area (Å²) < 4.78 is 6.84. The zero-order chi connectivity index (χ0) is 17.2. The van der Waals surface area contributed by atoms with Crippen molar-refractivity contribution in [3.8, 4) is 10.8 Å². The minimum absolute atomic E-state index is 0.157. The van der Waals surface area contributed by atoms with Gasteiger partial charge in [0.2, 0.25) is 5.95 Å². The van der Waals surface area contributed by atoms with Crippen LogP contribution >= 0.6 is 11.3 Å². The van der Waals surface area contributed by atoms with Crippen molar-refractivity contribution < 1.29 is 4.42 Å². The molecule has 0 spiro atoms. The number of aryl methyl sites for hydroxylation is 1. The number of hydrazone groups is 1. The standard InChI is InChI=1S/C16H12N6O2S/c1-9-14(23)19-16(22-20-9)21-17-8-10-6-7-12(24-10)15-18-11-4-2-3-5-13(11)25-15/h2-8H,1H3,(H2,19,21,22,23)/b17-8-. The van der Waals surface area contributed by atoms with E-state index >= 15 is 0 Å². The Morgan fingerprint density at radius 2 is 2.12 bits per heavy atom. The number of thiazole rings is 1. The summed E-state index contributed by atoms with van der Waals surface area (Å²) in [6, 6.07) is 11.6. The molecule has 0 saturated heterocycles. The molecule has 1 aromatic carbocycles. The molecule has 0 aliphatic carbocycles. The molecule has 2 N–H and O–H groups in total. The first-order valence-electron chi connectivity index (χ1n) is 7.37. The molecule has 4 rings (SSSR count). The van der Waals surface area contributed by atoms with Crippen molar-refractivity contribution in [2.75, 3.05) is 5.43 Å². The maximum Gasteiger partial charge on any atom is 0.274 e. The lowest BCUT2D eigenvalue weighted by atomic mass is 10.3. The Labute approximate surface area is 145 Å². The van der Waals surface area contributed by atoms with E-state index in [0.29, 0.717) is 17.2 Å². The maximum absolute atomic E-state index is 11.4. The number of aromatic amines is 1. The number of benzene rings is 1. The molecule has 3 heterocycles. The van der Waals surface area contributed by atoms with Gasteiger partial charge in [-0.05, 0) is 31.2 Å². The van der Waals surface area contributed by atoms with Gasteiger partial charge in [-0.15, -0.1) is 21.5 Å². The van der Waals surface area contributed by atoms with Crippen LogP contribution in [0.15, 0.2) is 50.7 Å². The second-order valence-electron chi connectivity index (χ2n) is 5.15. The summed E-state index contributed by atoms with van der Waals surface area (Å²) in [7, 11) is 0. The number of nitrogens with one attached hydrogen (secondary N) is 2. The Morgan fingerprint density at radius 1 is 1.24 bits per heavy atom. The summed E-state index contributed by atoms with van der Waals surface area (Å²) in [6.45, 7) is 1.57. The van der Waals surface area contributed by atoms with Crippen molar-refractivity contribution in [1.82, 2.24) is 20.2 Å². The molecule has 0 bridgehead atoms. The monoisotopic (exact) mass is 352 g/mol. The van der Waals surface area contributed by atoms with Gasteiger partial charge in [0, 0.05) is 0 Å². The third-order valence-electron chi connectivity index (χ3n) is 3.35. The molecule has 25 heavy (non-hydrogen) atoms. The van der Waals surface area contributed by atoms with Gasteiger partial charge >= 0.3 is 0 Å². The highest BCUT2D eigenvalue weighted by Gasteiger charge is 2.09. The SMILES string of the molecule is Cc1nnc(N/N=C\c2ccc(-c3nc4ccccc4s3)o2)[nH]c1=O. The van der Waals surface area contributed by atoms with Crippen molar-refractivity contribution in [2.45, 2.75) is 6.92 Å². The Morgan fingerprint density at radius 3 is 2.96 bits per heavy atom. The summed E-state index contributed by atoms with van der Waals surface area (Å²) >= 11 is 1.56. The molecule has 0 saturated carbocycles. The zero-order valence-electron chi connectivity index (χ0n) is 13.1. The Hall–Kier alpha value is -3.33. The van der Waals surface area contributed by atoms with E-state index in [4.69, 9.17) is 4.42 Å². The number of nitrogens with zero attached hydrogens (tertiary/aromatic N) is 4. The molecule has 8 nitrogen and oxygen atoms in total. The van der Waals surface area contributed by atoms with Gasteiger partial charge in [-0.2, -0.15) is 5.10 Å². The smallest absolute Gasteiger partial charge is 0.274 e. The summed E-state index contributed by atoms with van der Waals surface area (Å²) in [5, 5.41) is 12.3. The minimum atomic E-state index is -0.316. The normalized spacial score (nSPS) is 11.4. The van der Waals surface area contributed by atoms with Crippen LogP contribution in [0.5, 0.6) is 0 Å². The van der Waals surface area contributed by atoms with Gasteiger partial charge in [-0.1, -0.05) is 12.1 Å². The van der Waals surface area contributed by atoms with Crippen molar-refractivity contribution in [3.05, 3.63) is 58.2 Å². The first-order valence-corrected chi connectivity index (χ1v) is 8.19. The summed E-state index contributed by atoms with van der Waals surface area (Å²) in [6.07, 6.45) is 1.48. The minimum Gasteiger partial charge on any atom is -0.453 e. The molecule has 0 unspecified atom stereocenters. The van der Waals surface area contributed by atoms with Crippen LogP contribution in [-0.2, 0) is 0 Å². The van der Waals surface area contributed by atoms with E-state index in [1.54, 1.807) is 24.3 Å². The third kappa shape index (κ3) is 3.17. The number of fused-ring (bicyclic) bond motifs is 1.